The van der Waals surface area contributed by atoms with Crippen LogP contribution in [0.3, 0.4) is 0 Å². The Morgan fingerprint density at radius 2 is 2.00 bits per heavy atom. The van der Waals surface area contributed by atoms with Crippen LogP contribution in [0.25, 0.3) is 0 Å². The molecule has 0 spiro atoms. The van der Waals surface area contributed by atoms with Crippen LogP contribution in [0.2, 0.25) is 0 Å². The summed E-state index contributed by atoms with van der Waals surface area (Å²) in [5.74, 6) is 0.944. The van der Waals surface area contributed by atoms with E-state index in [2.05, 4.69) is 53.3 Å². The molecule has 82 valence electrons. The molecule has 0 N–H and O–H groups in total. The topological polar surface area (TPSA) is 24.7 Å². The van der Waals surface area contributed by atoms with Gasteiger partial charge in [-0.1, -0.05) is 20.8 Å². The molecule has 0 radical (unpaired) electrons. The SMILES string of the molecule is CC1CC(C)(C)C(CN=C=S)C1N=C=S. The molecule has 0 heterocycles. The second kappa shape index (κ2) is 5.09. The zero-order valence-electron chi connectivity index (χ0n) is 9.36. The standard InChI is InChI=1S/C11H16N2S2/c1-8-4-11(2,3)9(5-12-6-14)10(8)13-7-15/h8-10H,4-5H2,1-3H3. The summed E-state index contributed by atoms with van der Waals surface area (Å²) in [6.07, 6.45) is 1.15. The molecule has 3 unspecified atom stereocenters. The highest BCUT2D eigenvalue weighted by Gasteiger charge is 2.46. The summed E-state index contributed by atoms with van der Waals surface area (Å²) < 4.78 is 0. The van der Waals surface area contributed by atoms with Gasteiger partial charge in [-0.15, -0.1) is 0 Å². The van der Waals surface area contributed by atoms with Crippen LogP contribution in [0.1, 0.15) is 27.2 Å². The minimum absolute atomic E-state index is 0.240. The molecule has 1 saturated carbocycles. The molecule has 2 nitrogen and oxygen atoms in total. The molecule has 1 aliphatic rings. The quantitative estimate of drug-likeness (QED) is 0.559. The van der Waals surface area contributed by atoms with Gasteiger partial charge in [-0.3, -0.25) is 0 Å². The lowest BCUT2D eigenvalue weighted by Crippen LogP contribution is -2.28. The summed E-state index contributed by atoms with van der Waals surface area (Å²) >= 11 is 9.31. The van der Waals surface area contributed by atoms with Crippen molar-refractivity contribution >= 4 is 34.8 Å². The first-order valence-corrected chi connectivity index (χ1v) is 5.95. The van der Waals surface area contributed by atoms with E-state index in [0.29, 0.717) is 18.4 Å². The molecule has 15 heavy (non-hydrogen) atoms. The summed E-state index contributed by atoms with van der Waals surface area (Å²) in [5.41, 5.74) is 0.245. The lowest BCUT2D eigenvalue weighted by Gasteiger charge is -2.26. The van der Waals surface area contributed by atoms with Gasteiger partial charge in [0.25, 0.3) is 0 Å². The lowest BCUT2D eigenvalue weighted by molar-refractivity contribution is 0.255. The molecular weight excluding hydrogens is 224 g/mol. The molecule has 0 saturated heterocycles. The molecule has 3 atom stereocenters. The van der Waals surface area contributed by atoms with E-state index in [1.807, 2.05) is 0 Å². The van der Waals surface area contributed by atoms with Crippen molar-refractivity contribution < 1.29 is 0 Å². The Labute approximate surface area is 102 Å². The van der Waals surface area contributed by atoms with Crippen LogP contribution >= 0.6 is 24.4 Å². The van der Waals surface area contributed by atoms with Crippen molar-refractivity contribution in [2.45, 2.75) is 33.2 Å². The third-order valence-electron chi connectivity index (χ3n) is 3.40. The average molecular weight is 240 g/mol. The van der Waals surface area contributed by atoms with Crippen LogP contribution in [0.5, 0.6) is 0 Å². The van der Waals surface area contributed by atoms with E-state index in [0.717, 1.165) is 6.42 Å². The van der Waals surface area contributed by atoms with Crippen LogP contribution in [0, 0.1) is 17.3 Å². The maximum absolute atomic E-state index is 4.70. The molecule has 0 aromatic heterocycles. The van der Waals surface area contributed by atoms with Crippen molar-refractivity contribution in [3.63, 3.8) is 0 Å². The Morgan fingerprint density at radius 3 is 2.53 bits per heavy atom. The maximum atomic E-state index is 4.70. The summed E-state index contributed by atoms with van der Waals surface area (Å²) in [5, 5.41) is 4.93. The van der Waals surface area contributed by atoms with Crippen molar-refractivity contribution in [2.75, 3.05) is 6.54 Å². The molecule has 1 rings (SSSR count). The van der Waals surface area contributed by atoms with Gasteiger partial charge in [0.05, 0.1) is 22.9 Å². The van der Waals surface area contributed by atoms with Crippen LogP contribution in [-0.4, -0.2) is 22.9 Å². The number of thiocarbonyl (C=S) groups is 2. The highest BCUT2D eigenvalue weighted by Crippen LogP contribution is 2.47. The predicted octanol–water partition coefficient (Wildman–Crippen LogP) is 3.24. The Hall–Kier alpha value is -0.400. The van der Waals surface area contributed by atoms with Crippen LogP contribution < -0.4 is 0 Å². The van der Waals surface area contributed by atoms with E-state index in [4.69, 9.17) is 12.2 Å². The number of hydrogen-bond acceptors (Lipinski definition) is 4. The van der Waals surface area contributed by atoms with Gasteiger partial charge in [-0.05, 0) is 42.2 Å². The Kier molecular flexibility index (Phi) is 4.30. The summed E-state index contributed by atoms with van der Waals surface area (Å²) in [6.45, 7) is 7.42. The van der Waals surface area contributed by atoms with Crippen molar-refractivity contribution in [1.82, 2.24) is 0 Å². The van der Waals surface area contributed by atoms with Gasteiger partial charge in [-0.25, -0.2) is 9.98 Å². The fourth-order valence-corrected chi connectivity index (χ4v) is 2.93. The van der Waals surface area contributed by atoms with Gasteiger partial charge in [-0.2, -0.15) is 0 Å². The zero-order chi connectivity index (χ0) is 11.5. The van der Waals surface area contributed by atoms with Gasteiger partial charge < -0.3 is 0 Å². The second-order valence-electron chi connectivity index (χ2n) is 4.92. The highest BCUT2D eigenvalue weighted by atomic mass is 32.1. The van der Waals surface area contributed by atoms with Crippen LogP contribution in [0.15, 0.2) is 9.98 Å². The highest BCUT2D eigenvalue weighted by molar-refractivity contribution is 7.78. The predicted molar refractivity (Wildman–Crippen MR) is 69.8 cm³/mol. The molecule has 4 heteroatoms. The minimum Gasteiger partial charge on any atom is -0.232 e. The third-order valence-corrected chi connectivity index (χ3v) is 3.64. The minimum atomic E-state index is 0.240. The molecule has 0 aliphatic heterocycles. The first-order valence-electron chi connectivity index (χ1n) is 5.13. The normalized spacial score (nSPS) is 32.9. The molecule has 1 aliphatic carbocycles. The summed E-state index contributed by atoms with van der Waals surface area (Å²) in [6, 6.07) is 0.240. The summed E-state index contributed by atoms with van der Waals surface area (Å²) in [7, 11) is 0. The molecule has 1 fully saturated rings. The van der Waals surface area contributed by atoms with Crippen LogP contribution in [-0.2, 0) is 0 Å². The van der Waals surface area contributed by atoms with E-state index >= 15 is 0 Å². The van der Waals surface area contributed by atoms with Crippen molar-refractivity contribution in [1.29, 1.82) is 0 Å². The number of hydrogen-bond donors (Lipinski definition) is 0. The van der Waals surface area contributed by atoms with Gasteiger partial charge in [0.15, 0.2) is 0 Å². The second-order valence-corrected chi connectivity index (χ2v) is 5.28. The third kappa shape index (κ3) is 2.79. The first-order chi connectivity index (χ1) is 7.03. The number of isothiocyanates is 2. The molecule has 0 amide bonds. The van der Waals surface area contributed by atoms with Gasteiger partial charge in [0.1, 0.15) is 0 Å². The lowest BCUT2D eigenvalue weighted by atomic mass is 9.81. The molecule has 0 bridgehead atoms. The Balaban J connectivity index is 2.92. The van der Waals surface area contributed by atoms with Gasteiger partial charge >= 0.3 is 0 Å². The maximum Gasteiger partial charge on any atom is 0.0679 e. The fourth-order valence-electron chi connectivity index (χ4n) is 2.73. The van der Waals surface area contributed by atoms with Gasteiger partial charge in [0, 0.05) is 5.92 Å². The van der Waals surface area contributed by atoms with Crippen molar-refractivity contribution in [3.8, 4) is 0 Å². The fraction of sp³-hybridized carbons (Fsp3) is 0.818. The average Bonchev–Trinajstić information content (AvgIpc) is 2.35. The smallest absolute Gasteiger partial charge is 0.0679 e. The number of aliphatic imine (C=N–C) groups is 2. The van der Waals surface area contributed by atoms with Crippen LogP contribution in [0.4, 0.5) is 0 Å². The molecular formula is C11H16N2S2. The number of nitrogens with zero attached hydrogens (tertiary/aromatic N) is 2. The van der Waals surface area contributed by atoms with Crippen molar-refractivity contribution in [3.05, 3.63) is 0 Å². The molecule has 0 aromatic carbocycles. The monoisotopic (exact) mass is 240 g/mol. The van der Waals surface area contributed by atoms with E-state index in [1.165, 1.54) is 0 Å². The van der Waals surface area contributed by atoms with E-state index in [1.54, 1.807) is 0 Å². The van der Waals surface area contributed by atoms with Crippen molar-refractivity contribution in [2.24, 2.45) is 27.2 Å². The first kappa shape index (κ1) is 12.7. The van der Waals surface area contributed by atoms with Gasteiger partial charge in [0.2, 0.25) is 0 Å². The Bertz CT molecular complexity index is 325. The largest absolute Gasteiger partial charge is 0.232 e. The summed E-state index contributed by atoms with van der Waals surface area (Å²) in [4.78, 5) is 8.34. The zero-order valence-corrected chi connectivity index (χ0v) is 11.0. The number of rotatable bonds is 3. The van der Waals surface area contributed by atoms with E-state index < -0.39 is 0 Å². The molecule has 0 aromatic rings. The Morgan fingerprint density at radius 1 is 1.33 bits per heavy atom. The van der Waals surface area contributed by atoms with E-state index in [9.17, 15) is 0 Å². The van der Waals surface area contributed by atoms with E-state index in [-0.39, 0.29) is 11.5 Å².